The average molecular weight is 586 g/mol. The molecular weight excluding hydrogens is 548 g/mol. The molecule has 1 amide bonds. The summed E-state index contributed by atoms with van der Waals surface area (Å²) in [4.78, 5) is 30.6. The fourth-order valence-electron chi connectivity index (χ4n) is 5.83. The number of carbonyl (C=O) groups is 1. The van der Waals surface area contributed by atoms with Crippen molar-refractivity contribution in [3.8, 4) is 11.7 Å². The van der Waals surface area contributed by atoms with Gasteiger partial charge in [-0.2, -0.15) is 9.97 Å². The molecule has 4 heterocycles. The van der Waals surface area contributed by atoms with E-state index in [1.807, 2.05) is 4.90 Å². The summed E-state index contributed by atoms with van der Waals surface area (Å²) in [5.74, 6) is 0.653. The maximum absolute atomic E-state index is 14.1. The van der Waals surface area contributed by atoms with E-state index in [-0.39, 0.29) is 29.6 Å². The fraction of sp³-hybridized carbons (Fsp3) is 0.586. The van der Waals surface area contributed by atoms with Gasteiger partial charge in [0.15, 0.2) is 5.82 Å². The lowest BCUT2D eigenvalue weighted by Crippen LogP contribution is -2.43. The van der Waals surface area contributed by atoms with Gasteiger partial charge in [0.2, 0.25) is 17.7 Å². The predicted molar refractivity (Wildman–Crippen MR) is 151 cm³/mol. The van der Waals surface area contributed by atoms with Gasteiger partial charge >= 0.3 is 0 Å². The van der Waals surface area contributed by atoms with Crippen molar-refractivity contribution in [2.45, 2.75) is 38.2 Å². The summed E-state index contributed by atoms with van der Waals surface area (Å²) in [6, 6.07) is 8.61. The van der Waals surface area contributed by atoms with Gasteiger partial charge in [-0.3, -0.25) is 14.3 Å². The molecule has 42 heavy (non-hydrogen) atoms. The van der Waals surface area contributed by atoms with Gasteiger partial charge < -0.3 is 24.4 Å². The van der Waals surface area contributed by atoms with Crippen molar-refractivity contribution in [3.05, 3.63) is 36.2 Å². The van der Waals surface area contributed by atoms with E-state index in [9.17, 15) is 13.6 Å². The Labute approximate surface area is 243 Å². The van der Waals surface area contributed by atoms with E-state index >= 15 is 0 Å². The first-order valence-electron chi connectivity index (χ1n) is 14.8. The molecule has 226 valence electrons. The van der Waals surface area contributed by atoms with E-state index in [4.69, 9.17) is 14.2 Å². The number of carbonyl (C=O) groups excluding carboxylic acids is 1. The number of fused-ring (bicyclic) bond motifs is 1. The topological polar surface area (TPSA) is 107 Å². The molecule has 0 unspecified atom stereocenters. The second-order valence-electron chi connectivity index (χ2n) is 10.9. The number of rotatable bonds is 9. The van der Waals surface area contributed by atoms with Crippen LogP contribution in [0.4, 0.5) is 14.7 Å². The molecule has 2 saturated heterocycles. The molecule has 0 radical (unpaired) electrons. The Balaban J connectivity index is 1.16. The van der Waals surface area contributed by atoms with Gasteiger partial charge in [0, 0.05) is 51.3 Å². The molecule has 0 spiro atoms. The lowest BCUT2D eigenvalue weighted by atomic mass is 9.87. The number of alkyl halides is 2. The van der Waals surface area contributed by atoms with Crippen LogP contribution in [0.3, 0.4) is 0 Å². The zero-order valence-electron chi connectivity index (χ0n) is 23.6. The van der Waals surface area contributed by atoms with Gasteiger partial charge in [0.05, 0.1) is 37.5 Å². The number of hydrogen-bond acceptors (Lipinski definition) is 9. The molecule has 2 aliphatic heterocycles. The lowest BCUT2D eigenvalue weighted by Gasteiger charge is -2.30. The highest BCUT2D eigenvalue weighted by Crippen LogP contribution is 2.32. The molecule has 1 N–H and O–H groups in total. The summed E-state index contributed by atoms with van der Waals surface area (Å²) in [6.45, 7) is 6.96. The third-order valence-corrected chi connectivity index (χ3v) is 8.15. The quantitative estimate of drug-likeness (QED) is 0.406. The molecule has 3 aromatic rings. The largest absolute Gasteiger partial charge is 0.474 e. The van der Waals surface area contributed by atoms with Crippen LogP contribution in [0.2, 0.25) is 0 Å². The van der Waals surface area contributed by atoms with Gasteiger partial charge in [-0.25, -0.2) is 13.8 Å². The number of nitrogens with one attached hydrogen (secondary N) is 1. The minimum absolute atomic E-state index is 0.0506. The molecular formula is C29H37F2N7O4. The van der Waals surface area contributed by atoms with Crippen molar-refractivity contribution < 1.29 is 27.8 Å². The Bertz CT molecular complexity index is 1350. The molecule has 0 bridgehead atoms. The van der Waals surface area contributed by atoms with E-state index in [1.165, 1.54) is 4.57 Å². The summed E-state index contributed by atoms with van der Waals surface area (Å²) in [5.41, 5.74) is 0.994. The minimum atomic E-state index is -2.79. The van der Waals surface area contributed by atoms with Crippen LogP contribution in [-0.2, 0) is 14.3 Å². The number of halogens is 2. The van der Waals surface area contributed by atoms with Gasteiger partial charge in [-0.1, -0.05) is 12.1 Å². The first-order chi connectivity index (χ1) is 20.5. The van der Waals surface area contributed by atoms with E-state index in [2.05, 4.69) is 25.2 Å². The van der Waals surface area contributed by atoms with Gasteiger partial charge in [-0.05, 0) is 37.8 Å². The monoisotopic (exact) mass is 585 g/mol. The summed E-state index contributed by atoms with van der Waals surface area (Å²) in [6.07, 6.45) is -0.113. The van der Waals surface area contributed by atoms with Crippen LogP contribution >= 0.6 is 0 Å². The molecule has 2 aromatic heterocycles. The van der Waals surface area contributed by atoms with Gasteiger partial charge in [0.1, 0.15) is 11.9 Å². The Morgan fingerprint density at radius 2 is 1.69 bits per heavy atom. The predicted octanol–water partition coefficient (Wildman–Crippen LogP) is 2.98. The first kappa shape index (κ1) is 28.7. The number of anilines is 1. The molecule has 1 aromatic carbocycles. The van der Waals surface area contributed by atoms with E-state index < -0.39 is 6.43 Å². The van der Waals surface area contributed by atoms with Crippen molar-refractivity contribution in [3.63, 3.8) is 0 Å². The molecule has 11 nitrogen and oxygen atoms in total. The van der Waals surface area contributed by atoms with Crippen LogP contribution in [0, 0.1) is 5.92 Å². The molecule has 0 atom stereocenters. The van der Waals surface area contributed by atoms with Crippen LogP contribution in [-0.4, -0.2) is 102 Å². The second-order valence-corrected chi connectivity index (χ2v) is 10.9. The van der Waals surface area contributed by atoms with E-state index in [0.717, 1.165) is 32.8 Å². The number of benzene rings is 1. The van der Waals surface area contributed by atoms with Crippen molar-refractivity contribution in [1.29, 1.82) is 0 Å². The zero-order valence-corrected chi connectivity index (χ0v) is 23.6. The Kier molecular flexibility index (Phi) is 9.06. The van der Waals surface area contributed by atoms with Crippen molar-refractivity contribution in [2.75, 3.05) is 70.6 Å². The number of ether oxygens (including phenoxy) is 3. The van der Waals surface area contributed by atoms with Crippen molar-refractivity contribution in [2.24, 2.45) is 5.92 Å². The summed E-state index contributed by atoms with van der Waals surface area (Å²) < 4.78 is 46.9. The summed E-state index contributed by atoms with van der Waals surface area (Å²) >= 11 is 0. The summed E-state index contributed by atoms with van der Waals surface area (Å²) in [5, 5.41) is 3.09. The number of morpholine rings is 2. The number of para-hydroxylation sites is 2. The van der Waals surface area contributed by atoms with Gasteiger partial charge in [0.25, 0.3) is 6.43 Å². The highest BCUT2D eigenvalue weighted by atomic mass is 19.3. The number of aromatic nitrogens is 4. The summed E-state index contributed by atoms with van der Waals surface area (Å²) in [7, 11) is 0. The molecule has 1 saturated carbocycles. The zero-order chi connectivity index (χ0) is 28.9. The molecule has 13 heteroatoms. The molecule has 3 aliphatic rings. The lowest BCUT2D eigenvalue weighted by molar-refractivity contribution is -0.126. The van der Waals surface area contributed by atoms with E-state index in [1.54, 1.807) is 30.3 Å². The third-order valence-electron chi connectivity index (χ3n) is 8.15. The number of nitrogens with zero attached hydrogens (tertiary/aromatic N) is 6. The molecule has 1 aliphatic carbocycles. The molecule has 6 rings (SSSR count). The average Bonchev–Trinajstić information content (AvgIpc) is 3.42. The van der Waals surface area contributed by atoms with Crippen LogP contribution in [0.5, 0.6) is 5.88 Å². The smallest absolute Gasteiger partial charge is 0.296 e. The fourth-order valence-corrected chi connectivity index (χ4v) is 5.83. The van der Waals surface area contributed by atoms with Crippen LogP contribution in [0.1, 0.15) is 37.9 Å². The minimum Gasteiger partial charge on any atom is -0.474 e. The SMILES string of the molecule is O=C(NCCN1CCOCC1)[C@H]1CC[C@H](Oc2cc(-n3c(C(F)F)nc4ccccc43)nc(N3CCOCC3)n2)CC1. The van der Waals surface area contributed by atoms with Crippen molar-refractivity contribution >= 4 is 22.9 Å². The Morgan fingerprint density at radius 1 is 0.976 bits per heavy atom. The normalized spacial score (nSPS) is 22.0. The molecule has 3 fully saturated rings. The number of imidazole rings is 1. The highest BCUT2D eigenvalue weighted by Gasteiger charge is 2.29. The maximum atomic E-state index is 14.1. The van der Waals surface area contributed by atoms with Crippen LogP contribution in [0.25, 0.3) is 16.9 Å². The highest BCUT2D eigenvalue weighted by molar-refractivity contribution is 5.79. The van der Waals surface area contributed by atoms with Crippen LogP contribution < -0.4 is 15.0 Å². The first-order valence-corrected chi connectivity index (χ1v) is 14.8. The van der Waals surface area contributed by atoms with E-state index in [0.29, 0.717) is 81.4 Å². The third kappa shape index (κ3) is 6.63. The number of hydrogen-bond donors (Lipinski definition) is 1. The Hall–Kier alpha value is -3.42. The standard InChI is InChI=1S/C29H37F2N7O4/c30-26(31)27-33-22-3-1-2-4-23(22)38(27)24-19-25(35-29(34-24)37-13-17-41-18-14-37)42-21-7-5-20(6-8-21)28(39)32-9-10-36-11-15-40-16-12-36/h1-4,19-21,26H,5-18H2,(H,32,39)/t20-,21-. The van der Waals surface area contributed by atoms with Crippen molar-refractivity contribution in [1.82, 2.24) is 29.7 Å². The maximum Gasteiger partial charge on any atom is 0.296 e. The van der Waals surface area contributed by atoms with Gasteiger partial charge in [-0.15, -0.1) is 0 Å². The second kappa shape index (κ2) is 13.3. The number of amides is 1. The van der Waals surface area contributed by atoms with Crippen LogP contribution in [0.15, 0.2) is 30.3 Å². The Morgan fingerprint density at radius 3 is 2.43 bits per heavy atom.